The fraction of sp³-hybridized carbons (Fsp3) is 0.0435. The van der Waals surface area contributed by atoms with Crippen molar-refractivity contribution in [2.24, 2.45) is 0 Å². The molecule has 0 atom stereocenters. The Labute approximate surface area is 187 Å². The van der Waals surface area contributed by atoms with Gasteiger partial charge in [-0.2, -0.15) is 0 Å². The monoisotopic (exact) mass is 449 g/mol. The number of carbonyl (C=O) groups is 1. The van der Waals surface area contributed by atoms with Gasteiger partial charge in [0.05, 0.1) is 21.7 Å². The number of non-ortho nitro benzene ring substituents is 1. The first kappa shape index (κ1) is 20.7. The molecule has 8 heteroatoms. The first-order valence-corrected chi connectivity index (χ1v) is 10.5. The summed E-state index contributed by atoms with van der Waals surface area (Å²) in [7, 11) is 0. The van der Waals surface area contributed by atoms with E-state index >= 15 is 0 Å². The molecule has 0 unspecified atom stereocenters. The topological polar surface area (TPSA) is 76.3 Å². The predicted molar refractivity (Wildman–Crippen MR) is 124 cm³/mol. The van der Waals surface area contributed by atoms with Crippen molar-refractivity contribution in [3.8, 4) is 0 Å². The molecule has 0 spiro atoms. The van der Waals surface area contributed by atoms with Gasteiger partial charge in [-0.1, -0.05) is 53.3 Å². The van der Waals surface area contributed by atoms with Gasteiger partial charge in [-0.3, -0.25) is 19.8 Å². The van der Waals surface area contributed by atoms with Gasteiger partial charge < -0.3 is 0 Å². The van der Waals surface area contributed by atoms with Gasteiger partial charge in [0.1, 0.15) is 0 Å². The zero-order valence-electron chi connectivity index (χ0n) is 16.1. The van der Waals surface area contributed by atoms with Crippen molar-refractivity contribution >= 4 is 56.0 Å². The van der Waals surface area contributed by atoms with Crippen LogP contribution in [0.2, 0.25) is 5.02 Å². The van der Waals surface area contributed by atoms with Crippen LogP contribution < -0.4 is 4.90 Å². The summed E-state index contributed by atoms with van der Waals surface area (Å²) in [5, 5.41) is 12.0. The summed E-state index contributed by atoms with van der Waals surface area (Å²) in [6.45, 7) is 0.359. The summed E-state index contributed by atoms with van der Waals surface area (Å²) in [6, 6.07) is 21.1. The van der Waals surface area contributed by atoms with Gasteiger partial charge in [-0.05, 0) is 47.5 Å². The van der Waals surface area contributed by atoms with Crippen molar-refractivity contribution in [1.82, 2.24) is 4.98 Å². The van der Waals surface area contributed by atoms with Gasteiger partial charge in [-0.15, -0.1) is 0 Å². The average Bonchev–Trinajstić information content (AvgIpc) is 3.19. The predicted octanol–water partition coefficient (Wildman–Crippen LogP) is 6.10. The highest BCUT2D eigenvalue weighted by Gasteiger charge is 2.18. The maximum Gasteiger partial charge on any atom is 0.269 e. The van der Waals surface area contributed by atoms with Gasteiger partial charge in [0.2, 0.25) is 0 Å². The molecule has 0 radical (unpaired) electrons. The third-order valence-electron chi connectivity index (χ3n) is 4.54. The zero-order valence-corrected chi connectivity index (χ0v) is 17.7. The Bertz CT molecular complexity index is 1270. The number of halogens is 1. The minimum atomic E-state index is -0.459. The van der Waals surface area contributed by atoms with Crippen molar-refractivity contribution in [3.05, 3.63) is 105 Å². The maximum atomic E-state index is 13.1. The van der Waals surface area contributed by atoms with Crippen molar-refractivity contribution < 1.29 is 9.72 Å². The van der Waals surface area contributed by atoms with Crippen LogP contribution in [0, 0.1) is 10.1 Å². The lowest BCUT2D eigenvalue weighted by Gasteiger charge is -2.18. The Morgan fingerprint density at radius 3 is 2.55 bits per heavy atom. The molecule has 4 rings (SSSR count). The van der Waals surface area contributed by atoms with Crippen LogP contribution in [0.25, 0.3) is 16.3 Å². The van der Waals surface area contributed by atoms with E-state index in [1.165, 1.54) is 29.5 Å². The number of nitro benzene ring substituents is 1. The second-order valence-electron chi connectivity index (χ2n) is 6.70. The number of rotatable bonds is 6. The zero-order chi connectivity index (χ0) is 21.8. The van der Waals surface area contributed by atoms with Crippen LogP contribution in [0.4, 0.5) is 10.8 Å². The number of hydrogen-bond donors (Lipinski definition) is 0. The fourth-order valence-electron chi connectivity index (χ4n) is 2.97. The smallest absolute Gasteiger partial charge is 0.269 e. The molecular formula is C23H16ClN3O3S. The number of nitrogens with zero attached hydrogens (tertiary/aromatic N) is 3. The molecule has 0 N–H and O–H groups in total. The van der Waals surface area contributed by atoms with E-state index in [0.717, 1.165) is 15.8 Å². The largest absolute Gasteiger partial charge is 0.280 e. The Morgan fingerprint density at radius 2 is 1.84 bits per heavy atom. The Kier molecular flexibility index (Phi) is 6.06. The van der Waals surface area contributed by atoms with Gasteiger partial charge in [0.15, 0.2) is 5.13 Å². The summed E-state index contributed by atoms with van der Waals surface area (Å²) in [4.78, 5) is 29.7. The van der Waals surface area contributed by atoms with Crippen LogP contribution in [0.3, 0.4) is 0 Å². The molecular weight excluding hydrogens is 434 g/mol. The van der Waals surface area contributed by atoms with Gasteiger partial charge >= 0.3 is 0 Å². The SMILES string of the molecule is O=C(/C=C/c1ccc([N+](=O)[O-])cc1)N(Cc1ccccc1)c1nc2ccc(Cl)cc2s1. The maximum absolute atomic E-state index is 13.1. The van der Waals surface area contributed by atoms with Crippen molar-refractivity contribution in [2.45, 2.75) is 6.54 Å². The lowest BCUT2D eigenvalue weighted by atomic mass is 10.2. The van der Waals surface area contributed by atoms with Crippen LogP contribution in [-0.4, -0.2) is 15.8 Å². The number of carbonyl (C=O) groups excluding carboxylic acids is 1. The fourth-order valence-corrected chi connectivity index (χ4v) is 4.22. The van der Waals surface area contributed by atoms with E-state index in [4.69, 9.17) is 11.6 Å². The second-order valence-corrected chi connectivity index (χ2v) is 8.15. The standard InChI is InChI=1S/C23H16ClN3O3S/c24-18-9-12-20-21(14-18)31-23(25-20)26(15-17-4-2-1-3-5-17)22(28)13-8-16-6-10-19(11-7-16)27(29)30/h1-14H,15H2/b13-8+. The number of aromatic nitrogens is 1. The van der Waals surface area contributed by atoms with Crippen molar-refractivity contribution in [2.75, 3.05) is 4.90 Å². The van der Waals surface area contributed by atoms with E-state index in [-0.39, 0.29) is 11.6 Å². The van der Waals surface area contributed by atoms with E-state index in [0.29, 0.717) is 22.3 Å². The van der Waals surface area contributed by atoms with E-state index in [1.807, 2.05) is 42.5 Å². The lowest BCUT2D eigenvalue weighted by Crippen LogP contribution is -2.28. The molecule has 0 aliphatic rings. The van der Waals surface area contributed by atoms with Gasteiger partial charge in [0, 0.05) is 23.2 Å². The van der Waals surface area contributed by atoms with Crippen LogP contribution >= 0.6 is 22.9 Å². The van der Waals surface area contributed by atoms with E-state index in [2.05, 4.69) is 4.98 Å². The number of amides is 1. The summed E-state index contributed by atoms with van der Waals surface area (Å²) in [5.74, 6) is -0.243. The van der Waals surface area contributed by atoms with Gasteiger partial charge in [-0.25, -0.2) is 4.98 Å². The highest BCUT2D eigenvalue weighted by Crippen LogP contribution is 2.32. The lowest BCUT2D eigenvalue weighted by molar-refractivity contribution is -0.384. The quantitative estimate of drug-likeness (QED) is 0.202. The number of hydrogen-bond acceptors (Lipinski definition) is 5. The Hall–Kier alpha value is -3.55. The summed E-state index contributed by atoms with van der Waals surface area (Å²) in [6.07, 6.45) is 3.08. The molecule has 0 bridgehead atoms. The summed E-state index contributed by atoms with van der Waals surface area (Å²) in [5.41, 5.74) is 2.43. The number of thiazole rings is 1. The van der Waals surface area contributed by atoms with E-state index in [1.54, 1.807) is 29.2 Å². The second kappa shape index (κ2) is 9.07. The van der Waals surface area contributed by atoms with Crippen LogP contribution in [0.5, 0.6) is 0 Å². The molecule has 0 saturated carbocycles. The highest BCUT2D eigenvalue weighted by molar-refractivity contribution is 7.22. The first-order valence-electron chi connectivity index (χ1n) is 9.34. The average molecular weight is 450 g/mol. The molecule has 3 aromatic carbocycles. The molecule has 0 fully saturated rings. The summed E-state index contributed by atoms with van der Waals surface area (Å²) >= 11 is 7.49. The Morgan fingerprint density at radius 1 is 1.10 bits per heavy atom. The van der Waals surface area contributed by atoms with Crippen molar-refractivity contribution in [1.29, 1.82) is 0 Å². The minimum Gasteiger partial charge on any atom is -0.280 e. The molecule has 1 amide bonds. The third-order valence-corrected chi connectivity index (χ3v) is 5.82. The molecule has 31 heavy (non-hydrogen) atoms. The molecule has 0 saturated heterocycles. The molecule has 0 aliphatic heterocycles. The minimum absolute atomic E-state index is 0.00215. The molecule has 1 aromatic heterocycles. The van der Waals surface area contributed by atoms with E-state index < -0.39 is 4.92 Å². The molecule has 4 aromatic rings. The first-order chi connectivity index (χ1) is 15.0. The number of benzene rings is 3. The van der Waals surface area contributed by atoms with E-state index in [9.17, 15) is 14.9 Å². The summed E-state index contributed by atoms with van der Waals surface area (Å²) < 4.78 is 0.896. The Balaban J connectivity index is 1.64. The van der Waals surface area contributed by atoms with Crippen LogP contribution in [0.15, 0.2) is 78.9 Å². The number of fused-ring (bicyclic) bond motifs is 1. The number of nitro groups is 1. The highest BCUT2D eigenvalue weighted by atomic mass is 35.5. The van der Waals surface area contributed by atoms with Crippen LogP contribution in [0.1, 0.15) is 11.1 Å². The third kappa shape index (κ3) is 4.96. The molecule has 0 aliphatic carbocycles. The normalized spacial score (nSPS) is 11.1. The van der Waals surface area contributed by atoms with Crippen molar-refractivity contribution in [3.63, 3.8) is 0 Å². The van der Waals surface area contributed by atoms with Gasteiger partial charge in [0.25, 0.3) is 11.6 Å². The van der Waals surface area contributed by atoms with Crippen LogP contribution in [-0.2, 0) is 11.3 Å². The molecule has 154 valence electrons. The number of anilines is 1. The molecule has 6 nitrogen and oxygen atoms in total. The molecule has 1 heterocycles.